The van der Waals surface area contributed by atoms with Crippen LogP contribution in [0.15, 0.2) is 31.0 Å². The summed E-state index contributed by atoms with van der Waals surface area (Å²) in [6.45, 7) is 5.63. The second kappa shape index (κ2) is 7.01. The van der Waals surface area contributed by atoms with Gasteiger partial charge in [0.2, 0.25) is 0 Å². The summed E-state index contributed by atoms with van der Waals surface area (Å²) in [5.41, 5.74) is 1.27. The van der Waals surface area contributed by atoms with Crippen molar-refractivity contribution in [2.45, 2.75) is 19.4 Å². The third-order valence-corrected chi connectivity index (χ3v) is 2.48. The number of unbranched alkanes of at least 4 members (excludes halogenated alkanes) is 1. The van der Waals surface area contributed by atoms with Crippen molar-refractivity contribution < 1.29 is 0 Å². The summed E-state index contributed by atoms with van der Waals surface area (Å²) in [6, 6.07) is 4.17. The zero-order valence-corrected chi connectivity index (χ0v) is 10.2. The topological polar surface area (TPSA) is 28.2 Å². The van der Waals surface area contributed by atoms with E-state index in [9.17, 15) is 0 Å². The van der Waals surface area contributed by atoms with Crippen LogP contribution >= 0.6 is 0 Å². The van der Waals surface area contributed by atoms with E-state index in [0.29, 0.717) is 0 Å². The van der Waals surface area contributed by atoms with E-state index in [1.807, 2.05) is 25.4 Å². The smallest absolute Gasteiger partial charge is 0.128 e. The minimum atomic E-state index is 0.885. The predicted octanol–water partition coefficient (Wildman–Crippen LogP) is 2.20. The average molecular weight is 219 g/mol. The van der Waals surface area contributed by atoms with Crippen molar-refractivity contribution in [2.24, 2.45) is 0 Å². The lowest BCUT2D eigenvalue weighted by molar-refractivity contribution is 0.784. The van der Waals surface area contributed by atoms with Gasteiger partial charge in [-0.15, -0.1) is 6.58 Å². The maximum Gasteiger partial charge on any atom is 0.128 e. The van der Waals surface area contributed by atoms with Crippen LogP contribution in [-0.4, -0.2) is 25.6 Å². The first-order chi connectivity index (χ1) is 7.77. The van der Waals surface area contributed by atoms with Gasteiger partial charge in [0, 0.05) is 26.3 Å². The minimum absolute atomic E-state index is 0.885. The SMILES string of the molecule is C=CCCCN(C)c1cc(CNC)ccn1. The molecule has 0 saturated carbocycles. The minimum Gasteiger partial charge on any atom is -0.360 e. The van der Waals surface area contributed by atoms with Crippen molar-refractivity contribution in [3.05, 3.63) is 36.5 Å². The van der Waals surface area contributed by atoms with Crippen LogP contribution in [-0.2, 0) is 6.54 Å². The molecule has 0 unspecified atom stereocenters. The zero-order chi connectivity index (χ0) is 11.8. The van der Waals surface area contributed by atoms with Gasteiger partial charge < -0.3 is 10.2 Å². The molecule has 0 aliphatic rings. The fourth-order valence-corrected chi connectivity index (χ4v) is 1.57. The van der Waals surface area contributed by atoms with Crippen LogP contribution in [0.1, 0.15) is 18.4 Å². The number of aromatic nitrogens is 1. The van der Waals surface area contributed by atoms with Crippen LogP contribution in [0, 0.1) is 0 Å². The third-order valence-electron chi connectivity index (χ3n) is 2.48. The molecule has 0 aliphatic heterocycles. The molecule has 0 amide bonds. The summed E-state index contributed by atoms with van der Waals surface area (Å²) in [7, 11) is 4.03. The molecule has 0 bridgehead atoms. The molecule has 3 nitrogen and oxygen atoms in total. The van der Waals surface area contributed by atoms with Crippen LogP contribution < -0.4 is 10.2 Å². The molecule has 0 atom stereocenters. The van der Waals surface area contributed by atoms with Gasteiger partial charge in [0.1, 0.15) is 5.82 Å². The van der Waals surface area contributed by atoms with E-state index in [0.717, 1.165) is 31.7 Å². The second-order valence-corrected chi connectivity index (χ2v) is 3.91. The standard InChI is InChI=1S/C13H21N3/c1-4-5-6-9-16(3)13-10-12(11-14-2)7-8-15-13/h4,7-8,10,14H,1,5-6,9,11H2,2-3H3. The van der Waals surface area contributed by atoms with Crippen molar-refractivity contribution in [3.63, 3.8) is 0 Å². The highest BCUT2D eigenvalue weighted by atomic mass is 15.2. The Morgan fingerprint density at radius 3 is 3.06 bits per heavy atom. The number of hydrogen-bond donors (Lipinski definition) is 1. The summed E-state index contributed by atoms with van der Waals surface area (Å²) in [5, 5.41) is 3.14. The van der Waals surface area contributed by atoms with E-state index in [1.165, 1.54) is 5.56 Å². The summed E-state index contributed by atoms with van der Waals surface area (Å²) in [4.78, 5) is 6.56. The molecule has 1 heterocycles. The molecule has 0 aliphatic carbocycles. The third kappa shape index (κ3) is 4.03. The maximum absolute atomic E-state index is 4.37. The molecule has 1 N–H and O–H groups in total. The summed E-state index contributed by atoms with van der Waals surface area (Å²) in [5.74, 6) is 1.04. The lowest BCUT2D eigenvalue weighted by Gasteiger charge is -2.18. The van der Waals surface area contributed by atoms with Crippen LogP contribution in [0.25, 0.3) is 0 Å². The Balaban J connectivity index is 2.56. The largest absolute Gasteiger partial charge is 0.360 e. The van der Waals surface area contributed by atoms with Gasteiger partial charge >= 0.3 is 0 Å². The fourth-order valence-electron chi connectivity index (χ4n) is 1.57. The van der Waals surface area contributed by atoms with Gasteiger partial charge in [0.05, 0.1) is 0 Å². The molecule has 1 aromatic rings. The Kier molecular flexibility index (Phi) is 5.57. The first kappa shape index (κ1) is 12.7. The molecule has 3 heteroatoms. The average Bonchev–Trinajstić information content (AvgIpc) is 2.30. The molecular weight excluding hydrogens is 198 g/mol. The number of pyridine rings is 1. The molecule has 0 fully saturated rings. The highest BCUT2D eigenvalue weighted by Gasteiger charge is 2.02. The maximum atomic E-state index is 4.37. The van der Waals surface area contributed by atoms with E-state index in [4.69, 9.17) is 0 Å². The molecular formula is C13H21N3. The van der Waals surface area contributed by atoms with Gasteiger partial charge in [-0.3, -0.25) is 0 Å². The number of hydrogen-bond acceptors (Lipinski definition) is 3. The van der Waals surface area contributed by atoms with E-state index < -0.39 is 0 Å². The first-order valence-electron chi connectivity index (χ1n) is 5.69. The van der Waals surface area contributed by atoms with E-state index in [-0.39, 0.29) is 0 Å². The number of rotatable bonds is 7. The normalized spacial score (nSPS) is 10.1. The van der Waals surface area contributed by atoms with Gasteiger partial charge in [-0.2, -0.15) is 0 Å². The monoisotopic (exact) mass is 219 g/mol. The number of nitrogens with zero attached hydrogens (tertiary/aromatic N) is 2. The number of anilines is 1. The van der Waals surface area contributed by atoms with Crippen molar-refractivity contribution in [1.29, 1.82) is 0 Å². The van der Waals surface area contributed by atoms with Crippen LogP contribution in [0.2, 0.25) is 0 Å². The molecule has 0 aromatic carbocycles. The summed E-state index contributed by atoms with van der Waals surface area (Å²) in [6.07, 6.45) is 6.00. The molecule has 0 spiro atoms. The van der Waals surface area contributed by atoms with Crippen molar-refractivity contribution in [3.8, 4) is 0 Å². The van der Waals surface area contributed by atoms with Crippen LogP contribution in [0.3, 0.4) is 0 Å². The summed E-state index contributed by atoms with van der Waals surface area (Å²) < 4.78 is 0. The van der Waals surface area contributed by atoms with Crippen LogP contribution in [0.4, 0.5) is 5.82 Å². The van der Waals surface area contributed by atoms with Crippen molar-refractivity contribution in [1.82, 2.24) is 10.3 Å². The lowest BCUT2D eigenvalue weighted by atomic mass is 10.2. The Morgan fingerprint density at radius 1 is 1.56 bits per heavy atom. The highest BCUT2D eigenvalue weighted by molar-refractivity contribution is 5.39. The zero-order valence-electron chi connectivity index (χ0n) is 10.2. The van der Waals surface area contributed by atoms with E-state index in [2.05, 4.69) is 34.9 Å². The Labute approximate surface area is 98.2 Å². The molecule has 88 valence electrons. The van der Waals surface area contributed by atoms with Gasteiger partial charge in [-0.25, -0.2) is 4.98 Å². The second-order valence-electron chi connectivity index (χ2n) is 3.91. The van der Waals surface area contributed by atoms with Crippen molar-refractivity contribution >= 4 is 5.82 Å². The Bertz CT molecular complexity index is 323. The summed E-state index contributed by atoms with van der Waals surface area (Å²) >= 11 is 0. The molecule has 0 saturated heterocycles. The Hall–Kier alpha value is -1.35. The quantitative estimate of drug-likeness (QED) is 0.563. The van der Waals surface area contributed by atoms with E-state index >= 15 is 0 Å². The predicted molar refractivity (Wildman–Crippen MR) is 69.7 cm³/mol. The fraction of sp³-hybridized carbons (Fsp3) is 0.462. The molecule has 0 radical (unpaired) electrons. The van der Waals surface area contributed by atoms with E-state index in [1.54, 1.807) is 0 Å². The molecule has 16 heavy (non-hydrogen) atoms. The molecule has 1 rings (SSSR count). The van der Waals surface area contributed by atoms with Gasteiger partial charge in [-0.05, 0) is 37.6 Å². The van der Waals surface area contributed by atoms with Gasteiger partial charge in [0.25, 0.3) is 0 Å². The highest BCUT2D eigenvalue weighted by Crippen LogP contribution is 2.11. The van der Waals surface area contributed by atoms with Gasteiger partial charge in [-0.1, -0.05) is 6.08 Å². The first-order valence-corrected chi connectivity index (χ1v) is 5.69. The number of nitrogens with one attached hydrogen (secondary N) is 1. The van der Waals surface area contributed by atoms with Gasteiger partial charge in [0.15, 0.2) is 0 Å². The molecule has 1 aromatic heterocycles. The van der Waals surface area contributed by atoms with Crippen molar-refractivity contribution in [2.75, 3.05) is 25.5 Å². The Morgan fingerprint density at radius 2 is 2.38 bits per heavy atom. The van der Waals surface area contributed by atoms with Crippen LogP contribution in [0.5, 0.6) is 0 Å². The lowest BCUT2D eigenvalue weighted by Crippen LogP contribution is -2.20. The number of allylic oxidation sites excluding steroid dienone is 1.